The van der Waals surface area contributed by atoms with Gasteiger partial charge in [-0.1, -0.05) is 131 Å². The van der Waals surface area contributed by atoms with Gasteiger partial charge < -0.3 is 19.8 Å². The minimum atomic E-state index is -3.00. The number of H-pyrrole nitrogens is 2. The molecule has 65 heavy (non-hydrogen) atoms. The monoisotopic (exact) mass is 876 g/mol. The number of hydrogen-bond donors (Lipinski definition) is 2. The van der Waals surface area contributed by atoms with Crippen molar-refractivity contribution in [2.24, 2.45) is 0 Å². The van der Waals surface area contributed by atoms with Crippen LogP contribution in [0.3, 0.4) is 0 Å². The summed E-state index contributed by atoms with van der Waals surface area (Å²) in [5.74, 6) is -1.89. The van der Waals surface area contributed by atoms with E-state index in [1.54, 1.807) is 0 Å². The highest BCUT2D eigenvalue weighted by molar-refractivity contribution is 6.05. The second-order valence-corrected chi connectivity index (χ2v) is 17.4. The number of imidazole rings is 2. The Labute approximate surface area is 379 Å². The molecule has 0 saturated carbocycles. The van der Waals surface area contributed by atoms with Gasteiger partial charge >= 0.3 is 0 Å². The third-order valence-electron chi connectivity index (χ3n) is 13.7. The number of hydrogen-bond acceptors (Lipinski definition) is 6. The summed E-state index contributed by atoms with van der Waals surface area (Å²) in [6.07, 6.45) is 3.42. The van der Waals surface area contributed by atoms with Gasteiger partial charge in [0, 0.05) is 18.4 Å². The summed E-state index contributed by atoms with van der Waals surface area (Å²) in [5.41, 5.74) is 7.33. The number of alkyl halides is 2. The molecule has 7 aromatic rings. The SMILES string of the molecule is CCN(CC)[C@@H](C(=O)N1CCC[C@H]1c1ncc(-c2ccc(-c3ccc4c(ccc5[nH]c([C@@H]6CCC(F)(F)CN6C(=O)[C@@H](c6ccccc6)N(CC)CC)nc54)c3)cc2)[nH]1)c1ccccc1. The smallest absolute Gasteiger partial charge is 0.265 e. The summed E-state index contributed by atoms with van der Waals surface area (Å²) in [6, 6.07) is 36.5. The van der Waals surface area contributed by atoms with E-state index >= 15 is 8.78 Å². The van der Waals surface area contributed by atoms with E-state index in [1.165, 1.54) is 4.90 Å². The number of rotatable bonds is 14. The minimum Gasteiger partial charge on any atom is -0.340 e. The number of benzene rings is 5. The highest BCUT2D eigenvalue weighted by atomic mass is 19.3. The van der Waals surface area contributed by atoms with Gasteiger partial charge in [-0.3, -0.25) is 19.4 Å². The molecule has 2 aliphatic rings. The quantitative estimate of drug-likeness (QED) is 0.113. The summed E-state index contributed by atoms with van der Waals surface area (Å²) in [6.45, 7) is 11.0. The molecular formula is C53H58F2N8O2. The molecule has 2 aromatic heterocycles. The molecule has 0 bridgehead atoms. The number of aromatic nitrogens is 4. The third kappa shape index (κ3) is 8.69. The first kappa shape index (κ1) is 44.0. The lowest BCUT2D eigenvalue weighted by Gasteiger charge is -2.42. The molecule has 0 radical (unpaired) electrons. The largest absolute Gasteiger partial charge is 0.340 e. The fourth-order valence-electron chi connectivity index (χ4n) is 10.2. The molecule has 9 rings (SSSR count). The van der Waals surface area contributed by atoms with Crippen LogP contribution in [0, 0.1) is 0 Å². The Morgan fingerprint density at radius 1 is 0.692 bits per heavy atom. The second kappa shape index (κ2) is 18.7. The summed E-state index contributed by atoms with van der Waals surface area (Å²) < 4.78 is 30.4. The average Bonchev–Trinajstić information content (AvgIpc) is 4.13. The number of amides is 2. The average molecular weight is 877 g/mol. The van der Waals surface area contributed by atoms with Crippen molar-refractivity contribution < 1.29 is 18.4 Å². The van der Waals surface area contributed by atoms with Crippen LogP contribution in [0.4, 0.5) is 8.78 Å². The maximum Gasteiger partial charge on any atom is 0.265 e. The molecule has 12 heteroatoms. The standard InChI is InChI=1S/C53H58F2N8O2/c1-5-60(6-2)47(37-16-11-9-12-17-37)51(64)62-31-15-20-44(62)49-56-33-43(58-49)36-23-21-35(22-24-36)39-25-27-41-40(32-39)26-28-42-46(41)59-50(57-42)45-29-30-53(54,55)34-63(45)52(65)48(61(7-3)8-4)38-18-13-10-14-19-38/h9-14,16-19,21-28,32-33,44-45,47-48H,5-8,15,20,29-31,34H2,1-4H3,(H,56,58)(H,57,59)/t44-,45-,47+,48+/m0/s1. The maximum absolute atomic E-state index is 15.2. The number of nitrogens with zero attached hydrogens (tertiary/aromatic N) is 6. The van der Waals surface area contributed by atoms with Crippen molar-refractivity contribution in [1.82, 2.24) is 39.5 Å². The molecule has 2 amide bonds. The van der Waals surface area contributed by atoms with E-state index in [9.17, 15) is 9.59 Å². The summed E-state index contributed by atoms with van der Waals surface area (Å²) in [4.78, 5) is 53.3. The summed E-state index contributed by atoms with van der Waals surface area (Å²) >= 11 is 0. The number of aromatic amines is 2. The first-order valence-electron chi connectivity index (χ1n) is 23.3. The van der Waals surface area contributed by atoms with Gasteiger partial charge in [0.25, 0.3) is 5.92 Å². The molecular weight excluding hydrogens is 819 g/mol. The van der Waals surface area contributed by atoms with Crippen molar-refractivity contribution in [2.75, 3.05) is 39.3 Å². The molecule has 2 aliphatic heterocycles. The normalized spacial score (nSPS) is 18.5. The Morgan fingerprint density at radius 3 is 1.91 bits per heavy atom. The Hall–Kier alpha value is -6.24. The predicted octanol–water partition coefficient (Wildman–Crippen LogP) is 10.9. The molecule has 4 heterocycles. The molecule has 0 aliphatic carbocycles. The lowest BCUT2D eigenvalue weighted by atomic mass is 9.95. The zero-order chi connectivity index (χ0) is 45.2. The van der Waals surface area contributed by atoms with E-state index in [2.05, 4.69) is 77.2 Å². The Balaban J connectivity index is 0.943. The maximum atomic E-state index is 15.2. The van der Waals surface area contributed by atoms with Gasteiger partial charge in [-0.05, 0) is 90.8 Å². The van der Waals surface area contributed by atoms with Crippen LogP contribution >= 0.6 is 0 Å². The van der Waals surface area contributed by atoms with Gasteiger partial charge in [-0.15, -0.1) is 0 Å². The summed E-state index contributed by atoms with van der Waals surface area (Å²) in [7, 11) is 0. The predicted molar refractivity (Wildman–Crippen MR) is 253 cm³/mol. The molecule has 2 fully saturated rings. The van der Waals surface area contributed by atoms with Gasteiger partial charge in [0.1, 0.15) is 23.7 Å². The highest BCUT2D eigenvalue weighted by Gasteiger charge is 2.46. The minimum absolute atomic E-state index is 0.0983. The number of piperidine rings is 1. The van der Waals surface area contributed by atoms with Crippen molar-refractivity contribution in [2.45, 2.75) is 83.5 Å². The molecule has 4 atom stereocenters. The van der Waals surface area contributed by atoms with Gasteiger partial charge in [-0.2, -0.15) is 0 Å². The first-order chi connectivity index (χ1) is 31.6. The summed E-state index contributed by atoms with van der Waals surface area (Å²) in [5, 5.41) is 1.93. The fraction of sp³-hybridized carbons (Fsp3) is 0.358. The molecule has 5 aromatic carbocycles. The van der Waals surface area contributed by atoms with Gasteiger partial charge in [0.2, 0.25) is 11.8 Å². The van der Waals surface area contributed by atoms with Crippen molar-refractivity contribution in [3.8, 4) is 22.4 Å². The molecule has 0 spiro atoms. The van der Waals surface area contributed by atoms with Crippen LogP contribution in [0.15, 0.2) is 121 Å². The number of likely N-dealkylation sites (N-methyl/N-ethyl adjacent to an activating group) is 2. The third-order valence-corrected chi connectivity index (χ3v) is 13.7. The zero-order valence-corrected chi connectivity index (χ0v) is 37.7. The number of carbonyl (C=O) groups is 2. The first-order valence-corrected chi connectivity index (χ1v) is 23.3. The van der Waals surface area contributed by atoms with E-state index in [0.717, 1.165) is 87.1 Å². The van der Waals surface area contributed by atoms with Crippen LogP contribution in [-0.2, 0) is 9.59 Å². The van der Waals surface area contributed by atoms with Crippen LogP contribution in [0.1, 0.15) is 100 Å². The molecule has 0 unspecified atom stereocenters. The molecule has 2 saturated heterocycles. The van der Waals surface area contributed by atoms with E-state index in [0.29, 0.717) is 25.5 Å². The van der Waals surface area contributed by atoms with Gasteiger partial charge in [-0.25, -0.2) is 18.7 Å². The topological polar surface area (TPSA) is 104 Å². The van der Waals surface area contributed by atoms with Crippen LogP contribution in [0.25, 0.3) is 44.2 Å². The van der Waals surface area contributed by atoms with Gasteiger partial charge in [0.05, 0.1) is 41.6 Å². The molecule has 10 nitrogen and oxygen atoms in total. The number of nitrogens with one attached hydrogen (secondary N) is 2. The van der Waals surface area contributed by atoms with E-state index in [1.807, 2.05) is 96.6 Å². The van der Waals surface area contributed by atoms with Crippen molar-refractivity contribution in [3.05, 3.63) is 144 Å². The Morgan fingerprint density at radius 2 is 1.28 bits per heavy atom. The Bertz CT molecular complexity index is 2750. The zero-order valence-electron chi connectivity index (χ0n) is 37.7. The van der Waals surface area contributed by atoms with Crippen molar-refractivity contribution >= 4 is 33.6 Å². The van der Waals surface area contributed by atoms with Crippen LogP contribution in [0.2, 0.25) is 0 Å². The van der Waals surface area contributed by atoms with Crippen molar-refractivity contribution in [3.63, 3.8) is 0 Å². The van der Waals surface area contributed by atoms with Crippen LogP contribution in [0.5, 0.6) is 0 Å². The molecule has 336 valence electrons. The van der Waals surface area contributed by atoms with E-state index < -0.39 is 24.6 Å². The highest BCUT2D eigenvalue weighted by Crippen LogP contribution is 2.41. The number of halogens is 2. The lowest BCUT2D eigenvalue weighted by molar-refractivity contribution is -0.154. The van der Waals surface area contributed by atoms with Crippen LogP contribution < -0.4 is 0 Å². The molecule has 2 N–H and O–H groups in total. The number of likely N-dealkylation sites (tertiary alicyclic amines) is 2. The fourth-order valence-corrected chi connectivity index (χ4v) is 10.2. The van der Waals surface area contributed by atoms with Gasteiger partial charge in [0.15, 0.2) is 0 Å². The van der Waals surface area contributed by atoms with Crippen molar-refractivity contribution in [1.29, 1.82) is 0 Å². The second-order valence-electron chi connectivity index (χ2n) is 17.4. The van der Waals surface area contributed by atoms with E-state index in [-0.39, 0.29) is 36.7 Å². The Kier molecular flexibility index (Phi) is 12.7. The van der Waals surface area contributed by atoms with Crippen LogP contribution in [-0.4, -0.2) is 96.5 Å². The lowest BCUT2D eigenvalue weighted by Crippen LogP contribution is -2.51. The van der Waals surface area contributed by atoms with E-state index in [4.69, 9.17) is 9.97 Å². The number of fused-ring (bicyclic) bond motifs is 3. The number of carbonyl (C=O) groups excluding carboxylic acids is 2.